The van der Waals surface area contributed by atoms with Crippen LogP contribution in [0, 0.1) is 13.8 Å². The van der Waals surface area contributed by atoms with Crippen molar-refractivity contribution in [2.75, 3.05) is 12.4 Å². The molecule has 3 aromatic carbocycles. The molecule has 1 aliphatic rings. The normalized spacial score (nSPS) is 16.8. The first-order chi connectivity index (χ1) is 17.0. The van der Waals surface area contributed by atoms with E-state index in [0.717, 1.165) is 28.1 Å². The largest absolute Gasteiger partial charge is 0.497 e. The predicted octanol–water partition coefficient (Wildman–Crippen LogP) is 4.38. The first-order valence-electron chi connectivity index (χ1n) is 11.4. The van der Waals surface area contributed by atoms with Crippen LogP contribution in [-0.2, 0) is 4.79 Å². The van der Waals surface area contributed by atoms with Gasteiger partial charge in [0.15, 0.2) is 0 Å². The molecule has 35 heavy (non-hydrogen) atoms. The highest BCUT2D eigenvalue weighted by Gasteiger charge is 2.41. The SMILES string of the molecule is COc1ccc(C2c3c(C)nn(-c4ccccc4)c3NC(=O)[C@H]2NC(=O)c2cccc(C)c2)cc1. The molecule has 0 fully saturated rings. The van der Waals surface area contributed by atoms with Gasteiger partial charge in [0, 0.05) is 17.0 Å². The fourth-order valence-corrected chi connectivity index (χ4v) is 4.63. The number of methoxy groups -OCH3 is 1. The number of nitrogens with zero attached hydrogens (tertiary/aromatic N) is 2. The van der Waals surface area contributed by atoms with E-state index < -0.39 is 12.0 Å². The second-order valence-corrected chi connectivity index (χ2v) is 8.66. The molecular formula is C28H26N4O3. The van der Waals surface area contributed by atoms with Gasteiger partial charge in [-0.25, -0.2) is 4.68 Å². The number of benzene rings is 3. The lowest BCUT2D eigenvalue weighted by molar-refractivity contribution is -0.118. The van der Waals surface area contributed by atoms with E-state index in [1.54, 1.807) is 17.9 Å². The number of nitrogens with one attached hydrogen (secondary N) is 2. The molecule has 0 radical (unpaired) electrons. The van der Waals surface area contributed by atoms with Crippen LogP contribution in [0.4, 0.5) is 5.82 Å². The summed E-state index contributed by atoms with van der Waals surface area (Å²) in [6.45, 7) is 3.85. The number of aryl methyl sites for hydroxylation is 2. The lowest BCUT2D eigenvalue weighted by Crippen LogP contribution is -2.50. The number of rotatable bonds is 5. The van der Waals surface area contributed by atoms with E-state index in [-0.39, 0.29) is 11.8 Å². The zero-order chi connectivity index (χ0) is 24.5. The van der Waals surface area contributed by atoms with Gasteiger partial charge in [0.25, 0.3) is 5.91 Å². The Kier molecular flexibility index (Phi) is 5.82. The zero-order valence-corrected chi connectivity index (χ0v) is 19.8. The summed E-state index contributed by atoms with van der Waals surface area (Å²) in [5.74, 6) is 0.294. The second-order valence-electron chi connectivity index (χ2n) is 8.66. The molecule has 0 saturated carbocycles. The Bertz CT molecular complexity index is 1390. The van der Waals surface area contributed by atoms with Crippen LogP contribution in [0.2, 0.25) is 0 Å². The van der Waals surface area contributed by atoms with Crippen molar-refractivity contribution in [3.63, 3.8) is 0 Å². The predicted molar refractivity (Wildman–Crippen MR) is 134 cm³/mol. The van der Waals surface area contributed by atoms with E-state index in [4.69, 9.17) is 9.84 Å². The van der Waals surface area contributed by atoms with Gasteiger partial charge in [-0.15, -0.1) is 0 Å². The van der Waals surface area contributed by atoms with Crippen molar-refractivity contribution >= 4 is 17.6 Å². The minimum absolute atomic E-state index is 0.295. The molecule has 2 amide bonds. The molecule has 0 bridgehead atoms. The summed E-state index contributed by atoms with van der Waals surface area (Å²) in [5.41, 5.74) is 4.85. The van der Waals surface area contributed by atoms with Crippen LogP contribution in [0.5, 0.6) is 5.75 Å². The van der Waals surface area contributed by atoms with E-state index >= 15 is 0 Å². The molecule has 7 nitrogen and oxygen atoms in total. The van der Waals surface area contributed by atoms with Gasteiger partial charge in [-0.2, -0.15) is 5.10 Å². The summed E-state index contributed by atoms with van der Waals surface area (Å²) >= 11 is 0. The molecule has 2 N–H and O–H groups in total. The first kappa shape index (κ1) is 22.4. The lowest BCUT2D eigenvalue weighted by Gasteiger charge is -2.33. The average molecular weight is 467 g/mol. The second kappa shape index (κ2) is 9.10. The summed E-state index contributed by atoms with van der Waals surface area (Å²) < 4.78 is 7.08. The van der Waals surface area contributed by atoms with Crippen molar-refractivity contribution in [3.8, 4) is 11.4 Å². The summed E-state index contributed by atoms with van der Waals surface area (Å²) in [4.78, 5) is 26.7. The van der Waals surface area contributed by atoms with Crippen LogP contribution in [0.3, 0.4) is 0 Å². The Hall–Kier alpha value is -4.39. The maximum Gasteiger partial charge on any atom is 0.251 e. The number of para-hydroxylation sites is 1. The van der Waals surface area contributed by atoms with Gasteiger partial charge >= 0.3 is 0 Å². The van der Waals surface area contributed by atoms with Crippen molar-refractivity contribution in [3.05, 3.63) is 107 Å². The zero-order valence-electron chi connectivity index (χ0n) is 19.8. The van der Waals surface area contributed by atoms with E-state index in [1.165, 1.54) is 0 Å². The van der Waals surface area contributed by atoms with Crippen molar-refractivity contribution in [1.82, 2.24) is 15.1 Å². The van der Waals surface area contributed by atoms with Gasteiger partial charge in [0.2, 0.25) is 5.91 Å². The third-order valence-corrected chi connectivity index (χ3v) is 6.32. The molecule has 176 valence electrons. The topological polar surface area (TPSA) is 85.2 Å². The van der Waals surface area contributed by atoms with Crippen LogP contribution in [0.1, 0.15) is 38.7 Å². The van der Waals surface area contributed by atoms with Gasteiger partial charge < -0.3 is 15.4 Å². The molecule has 1 aliphatic heterocycles. The quantitative estimate of drug-likeness (QED) is 0.457. The van der Waals surface area contributed by atoms with Gasteiger partial charge in [0.05, 0.1) is 18.5 Å². The molecule has 2 atom stereocenters. The Morgan fingerprint density at radius 1 is 1.00 bits per heavy atom. The van der Waals surface area contributed by atoms with Crippen LogP contribution in [0.15, 0.2) is 78.9 Å². The van der Waals surface area contributed by atoms with Crippen molar-refractivity contribution in [2.45, 2.75) is 25.8 Å². The van der Waals surface area contributed by atoms with E-state index in [2.05, 4.69) is 10.6 Å². The maximum absolute atomic E-state index is 13.5. The standard InChI is InChI=1S/C28H26N4O3/c1-17-8-7-9-20(16-17)27(33)29-25-24(19-12-14-22(35-3)15-13-19)23-18(2)31-32(26(23)30-28(25)34)21-10-5-4-6-11-21/h4-16,24-25H,1-3H3,(H,29,33)(H,30,34)/t24?,25-/m0/s1. The first-order valence-corrected chi connectivity index (χ1v) is 11.4. The minimum atomic E-state index is -0.823. The third-order valence-electron chi connectivity index (χ3n) is 6.32. The number of anilines is 1. The molecule has 1 unspecified atom stereocenters. The smallest absolute Gasteiger partial charge is 0.251 e. The van der Waals surface area contributed by atoms with Crippen molar-refractivity contribution < 1.29 is 14.3 Å². The number of hydrogen-bond donors (Lipinski definition) is 2. The fourth-order valence-electron chi connectivity index (χ4n) is 4.63. The molecule has 0 spiro atoms. The Labute approximate surface area is 203 Å². The lowest BCUT2D eigenvalue weighted by atomic mass is 9.81. The Balaban J connectivity index is 1.62. The van der Waals surface area contributed by atoms with E-state index in [9.17, 15) is 9.59 Å². The van der Waals surface area contributed by atoms with Crippen LogP contribution >= 0.6 is 0 Å². The number of fused-ring (bicyclic) bond motifs is 1. The molecule has 2 heterocycles. The van der Waals surface area contributed by atoms with Crippen molar-refractivity contribution in [1.29, 1.82) is 0 Å². The number of aromatic nitrogens is 2. The Morgan fingerprint density at radius 3 is 2.43 bits per heavy atom. The molecule has 7 heteroatoms. The van der Waals surface area contributed by atoms with Crippen LogP contribution in [0.25, 0.3) is 5.69 Å². The minimum Gasteiger partial charge on any atom is -0.497 e. The van der Waals surface area contributed by atoms with Gasteiger partial charge in [-0.1, -0.05) is 48.0 Å². The van der Waals surface area contributed by atoms with Crippen LogP contribution < -0.4 is 15.4 Å². The molecular weight excluding hydrogens is 440 g/mol. The Morgan fingerprint density at radius 2 is 1.74 bits per heavy atom. The highest BCUT2D eigenvalue weighted by atomic mass is 16.5. The van der Waals surface area contributed by atoms with E-state index in [1.807, 2.05) is 86.6 Å². The summed E-state index contributed by atoms with van der Waals surface area (Å²) in [6.07, 6.45) is 0. The summed E-state index contributed by atoms with van der Waals surface area (Å²) in [7, 11) is 1.61. The number of carbonyl (C=O) groups is 2. The number of amides is 2. The maximum atomic E-state index is 13.5. The molecule has 4 aromatic rings. The highest BCUT2D eigenvalue weighted by molar-refractivity contribution is 6.04. The average Bonchev–Trinajstić information content (AvgIpc) is 3.20. The number of hydrogen-bond acceptors (Lipinski definition) is 4. The van der Waals surface area contributed by atoms with Crippen molar-refractivity contribution in [2.24, 2.45) is 0 Å². The monoisotopic (exact) mass is 466 g/mol. The number of ether oxygens (including phenoxy) is 1. The van der Waals surface area contributed by atoms with Gasteiger partial charge in [0.1, 0.15) is 17.6 Å². The highest BCUT2D eigenvalue weighted by Crippen LogP contribution is 2.41. The third kappa shape index (κ3) is 4.17. The van der Waals surface area contributed by atoms with Gasteiger partial charge in [-0.3, -0.25) is 9.59 Å². The molecule has 0 saturated heterocycles. The van der Waals surface area contributed by atoms with E-state index in [0.29, 0.717) is 17.1 Å². The van der Waals surface area contributed by atoms with Gasteiger partial charge in [-0.05, 0) is 55.8 Å². The number of carbonyl (C=O) groups excluding carboxylic acids is 2. The molecule has 1 aromatic heterocycles. The summed E-state index contributed by atoms with van der Waals surface area (Å²) in [6, 6.07) is 23.7. The molecule has 5 rings (SSSR count). The van der Waals surface area contributed by atoms with Crippen LogP contribution in [-0.4, -0.2) is 34.7 Å². The fraction of sp³-hybridized carbons (Fsp3) is 0.179. The summed E-state index contributed by atoms with van der Waals surface area (Å²) in [5, 5.41) is 10.8. The molecule has 0 aliphatic carbocycles.